The van der Waals surface area contributed by atoms with Gasteiger partial charge in [-0.05, 0) is 42.3 Å². The zero-order valence-corrected chi connectivity index (χ0v) is 11.0. The topological polar surface area (TPSA) is 61.8 Å². The van der Waals surface area contributed by atoms with Crippen LogP contribution in [0.25, 0.3) is 22.8 Å². The minimum absolute atomic E-state index is 0.110. The normalized spacial score (nSPS) is 10.7. The van der Waals surface area contributed by atoms with Crippen LogP contribution in [0.4, 0.5) is 0 Å². The first-order valence-corrected chi connectivity index (χ1v) is 6.54. The molecule has 4 nitrogen and oxygen atoms in total. The van der Waals surface area contributed by atoms with E-state index in [4.69, 9.17) is 0 Å². The van der Waals surface area contributed by atoms with Crippen LogP contribution >= 0.6 is 0 Å². The summed E-state index contributed by atoms with van der Waals surface area (Å²) >= 11 is 0. The second-order valence-corrected chi connectivity index (χ2v) is 4.49. The van der Waals surface area contributed by atoms with E-state index in [1.54, 1.807) is 12.4 Å². The molecule has 0 atom stereocenters. The van der Waals surface area contributed by atoms with Gasteiger partial charge in [-0.3, -0.25) is 9.97 Å². The van der Waals surface area contributed by atoms with E-state index in [2.05, 4.69) is 15.0 Å². The molecule has 3 heterocycles. The Labute approximate surface area is 117 Å². The zero-order valence-electron chi connectivity index (χ0n) is 11.0. The monoisotopic (exact) mass is 265 g/mol. The maximum absolute atomic E-state index is 9.22. The summed E-state index contributed by atoms with van der Waals surface area (Å²) in [5.74, 6) is 0. The highest BCUT2D eigenvalue weighted by molar-refractivity contribution is 5.68. The first-order valence-electron chi connectivity index (χ1n) is 6.54. The van der Waals surface area contributed by atoms with Gasteiger partial charge in [0.1, 0.15) is 0 Å². The zero-order chi connectivity index (χ0) is 13.8. The summed E-state index contributed by atoms with van der Waals surface area (Å²) in [6.07, 6.45) is 4.12. The molecule has 0 bridgehead atoms. The van der Waals surface area contributed by atoms with Crippen LogP contribution in [0, 0.1) is 0 Å². The fourth-order valence-electron chi connectivity index (χ4n) is 2.21. The lowest BCUT2D eigenvalue weighted by Gasteiger charge is -2.01. The number of aliphatic hydroxyl groups excluding tert-OH is 1. The molecule has 2 N–H and O–H groups in total. The van der Waals surface area contributed by atoms with Gasteiger partial charge >= 0.3 is 0 Å². The van der Waals surface area contributed by atoms with E-state index >= 15 is 0 Å². The lowest BCUT2D eigenvalue weighted by molar-refractivity contribution is 0.300. The highest BCUT2D eigenvalue weighted by atomic mass is 16.2. The molecular formula is C16H15N3O. The fourth-order valence-corrected chi connectivity index (χ4v) is 2.21. The number of nitrogens with one attached hydrogen (secondary N) is 1. The van der Waals surface area contributed by atoms with E-state index in [1.807, 2.05) is 42.5 Å². The molecule has 0 aliphatic rings. The Kier molecular flexibility index (Phi) is 3.56. The highest BCUT2D eigenvalue weighted by Gasteiger charge is 2.12. The maximum Gasteiger partial charge on any atom is 0.0867 e. The first-order chi connectivity index (χ1) is 9.88. The van der Waals surface area contributed by atoms with E-state index in [9.17, 15) is 5.11 Å². The van der Waals surface area contributed by atoms with E-state index in [0.717, 1.165) is 28.3 Å². The summed E-state index contributed by atoms with van der Waals surface area (Å²) in [5, 5.41) is 9.22. The smallest absolute Gasteiger partial charge is 0.0867 e. The van der Waals surface area contributed by atoms with Crippen LogP contribution in [0.2, 0.25) is 0 Å². The van der Waals surface area contributed by atoms with Crippen molar-refractivity contribution in [2.75, 3.05) is 6.61 Å². The number of aromatic amines is 1. The Morgan fingerprint density at radius 1 is 0.950 bits per heavy atom. The Morgan fingerprint density at radius 3 is 2.25 bits per heavy atom. The van der Waals surface area contributed by atoms with Gasteiger partial charge in [-0.15, -0.1) is 0 Å². The Morgan fingerprint density at radius 2 is 1.65 bits per heavy atom. The quantitative estimate of drug-likeness (QED) is 0.762. The third-order valence-corrected chi connectivity index (χ3v) is 3.14. The standard InChI is InChI=1S/C16H15N3O/c20-10-7-12-11-15(13-5-1-3-8-17-13)19-16(12)14-6-2-4-9-18-14/h1-6,8-9,11,19-20H,7,10H2. The molecule has 100 valence electrons. The minimum atomic E-state index is 0.110. The van der Waals surface area contributed by atoms with Gasteiger partial charge in [-0.1, -0.05) is 12.1 Å². The molecule has 0 saturated heterocycles. The number of H-pyrrole nitrogens is 1. The van der Waals surface area contributed by atoms with Crippen LogP contribution in [-0.4, -0.2) is 26.7 Å². The largest absolute Gasteiger partial charge is 0.396 e. The second kappa shape index (κ2) is 5.67. The number of hydrogen-bond donors (Lipinski definition) is 2. The van der Waals surface area contributed by atoms with Gasteiger partial charge in [0.25, 0.3) is 0 Å². The molecule has 0 fully saturated rings. The molecule has 0 radical (unpaired) electrons. The molecule has 3 aromatic heterocycles. The van der Waals surface area contributed by atoms with Gasteiger partial charge in [0.05, 0.1) is 22.8 Å². The van der Waals surface area contributed by atoms with Crippen molar-refractivity contribution in [3.63, 3.8) is 0 Å². The predicted molar refractivity (Wildman–Crippen MR) is 78.0 cm³/mol. The van der Waals surface area contributed by atoms with Gasteiger partial charge in [0.2, 0.25) is 0 Å². The molecule has 0 amide bonds. The van der Waals surface area contributed by atoms with Gasteiger partial charge in [0.15, 0.2) is 0 Å². The van der Waals surface area contributed by atoms with Crippen molar-refractivity contribution in [1.29, 1.82) is 0 Å². The van der Waals surface area contributed by atoms with Crippen LogP contribution in [0.15, 0.2) is 54.9 Å². The molecule has 0 aliphatic carbocycles. The molecular weight excluding hydrogens is 250 g/mol. The van der Waals surface area contributed by atoms with Crippen molar-refractivity contribution in [3.05, 3.63) is 60.4 Å². The Hall–Kier alpha value is -2.46. The van der Waals surface area contributed by atoms with Gasteiger partial charge < -0.3 is 10.1 Å². The molecule has 0 saturated carbocycles. The average molecular weight is 265 g/mol. The summed E-state index contributed by atoms with van der Waals surface area (Å²) in [4.78, 5) is 12.1. The van der Waals surface area contributed by atoms with Gasteiger partial charge in [0, 0.05) is 19.0 Å². The first kappa shape index (κ1) is 12.6. The third kappa shape index (κ3) is 2.46. The van der Waals surface area contributed by atoms with Crippen LogP contribution in [-0.2, 0) is 6.42 Å². The molecule has 20 heavy (non-hydrogen) atoms. The van der Waals surface area contributed by atoms with E-state index in [1.165, 1.54) is 0 Å². The number of nitrogens with zero attached hydrogens (tertiary/aromatic N) is 2. The Bertz CT molecular complexity index is 677. The highest BCUT2D eigenvalue weighted by Crippen LogP contribution is 2.27. The number of hydrogen-bond acceptors (Lipinski definition) is 3. The van der Waals surface area contributed by atoms with Crippen molar-refractivity contribution in [1.82, 2.24) is 15.0 Å². The summed E-state index contributed by atoms with van der Waals surface area (Å²) in [7, 11) is 0. The van der Waals surface area contributed by atoms with E-state index in [0.29, 0.717) is 6.42 Å². The fraction of sp³-hybridized carbons (Fsp3) is 0.125. The van der Waals surface area contributed by atoms with Gasteiger partial charge in [-0.25, -0.2) is 0 Å². The summed E-state index contributed by atoms with van der Waals surface area (Å²) in [5.41, 5.74) is 4.69. The lowest BCUT2D eigenvalue weighted by Crippen LogP contribution is -1.92. The van der Waals surface area contributed by atoms with Crippen molar-refractivity contribution in [2.24, 2.45) is 0 Å². The average Bonchev–Trinajstić information content (AvgIpc) is 2.94. The molecule has 0 aromatic carbocycles. The predicted octanol–water partition coefficient (Wildman–Crippen LogP) is 2.67. The lowest BCUT2D eigenvalue weighted by atomic mass is 10.1. The number of pyridine rings is 2. The Balaban J connectivity index is 2.08. The van der Waals surface area contributed by atoms with E-state index < -0.39 is 0 Å². The molecule has 3 aromatic rings. The second-order valence-electron chi connectivity index (χ2n) is 4.49. The summed E-state index contributed by atoms with van der Waals surface area (Å²) in [6, 6.07) is 13.6. The van der Waals surface area contributed by atoms with Crippen LogP contribution in [0.5, 0.6) is 0 Å². The van der Waals surface area contributed by atoms with Crippen molar-refractivity contribution in [2.45, 2.75) is 6.42 Å². The van der Waals surface area contributed by atoms with Crippen LogP contribution in [0.1, 0.15) is 5.56 Å². The maximum atomic E-state index is 9.22. The van der Waals surface area contributed by atoms with Crippen LogP contribution < -0.4 is 0 Å². The van der Waals surface area contributed by atoms with Crippen LogP contribution in [0.3, 0.4) is 0 Å². The number of rotatable bonds is 4. The van der Waals surface area contributed by atoms with E-state index in [-0.39, 0.29) is 6.61 Å². The SMILES string of the molecule is OCCc1cc(-c2ccccn2)[nH]c1-c1ccccn1. The van der Waals surface area contributed by atoms with Gasteiger partial charge in [-0.2, -0.15) is 0 Å². The molecule has 0 aliphatic heterocycles. The number of aliphatic hydroxyl groups is 1. The molecule has 4 heteroatoms. The third-order valence-electron chi connectivity index (χ3n) is 3.14. The minimum Gasteiger partial charge on any atom is -0.396 e. The molecule has 0 unspecified atom stereocenters. The summed E-state index contributed by atoms with van der Waals surface area (Å²) < 4.78 is 0. The number of aromatic nitrogens is 3. The van der Waals surface area contributed by atoms with Crippen molar-refractivity contribution in [3.8, 4) is 22.8 Å². The van der Waals surface area contributed by atoms with Crippen molar-refractivity contribution < 1.29 is 5.11 Å². The summed E-state index contributed by atoms with van der Waals surface area (Å²) in [6.45, 7) is 0.110. The molecule has 0 spiro atoms. The molecule has 3 rings (SSSR count). The van der Waals surface area contributed by atoms with Crippen molar-refractivity contribution >= 4 is 0 Å².